The van der Waals surface area contributed by atoms with Crippen molar-refractivity contribution < 1.29 is 23.9 Å². The van der Waals surface area contributed by atoms with Crippen molar-refractivity contribution in [3.05, 3.63) is 181 Å². The first kappa shape index (κ1) is 73.4. The van der Waals surface area contributed by atoms with Gasteiger partial charge in [-0.1, -0.05) is 93.5 Å². The van der Waals surface area contributed by atoms with E-state index in [0.717, 1.165) is 39.8 Å². The molecule has 0 aliphatic carbocycles. The van der Waals surface area contributed by atoms with Crippen LogP contribution in [0.3, 0.4) is 0 Å². The number of aromatic nitrogens is 7. The highest BCUT2D eigenvalue weighted by Gasteiger charge is 2.58. The number of hydrogen-bond donors (Lipinski definition) is 0. The minimum absolute atomic E-state index is 0.00704. The monoisotopic (exact) mass is 1010 g/mol. The van der Waals surface area contributed by atoms with Gasteiger partial charge in [-0.3, -0.25) is 44.0 Å². The number of ketones is 3. The predicted octanol–water partition coefficient (Wildman–Crippen LogP) is 15.1. The van der Waals surface area contributed by atoms with Gasteiger partial charge in [0.2, 0.25) is 0 Å². The summed E-state index contributed by atoms with van der Waals surface area (Å²) in [5.41, 5.74) is 11.1. The molecule has 12 heteroatoms. The van der Waals surface area contributed by atoms with Gasteiger partial charge in [0.15, 0.2) is 17.2 Å². The van der Waals surface area contributed by atoms with E-state index in [4.69, 9.17) is 9.53 Å². The SMILES string of the molecule is C=C(C)C(=CC)c1ccncc1.CC.CC.CC.CC.CC.CC(=O)C1(c2ccncc2)OC1C.CC(=O)Cc1ccncc1.CC=C(C(C)=O)c1ccncc1.CC=O.Cc1nn(C)c(C)c1-c1ccncc1. The fourth-order valence-corrected chi connectivity index (χ4v) is 6.51. The lowest BCUT2D eigenvalue weighted by atomic mass is 9.93. The van der Waals surface area contributed by atoms with Crippen molar-refractivity contribution in [3.63, 3.8) is 0 Å². The third-order valence-electron chi connectivity index (χ3n) is 9.59. The van der Waals surface area contributed by atoms with Crippen LogP contribution in [-0.4, -0.2) is 64.4 Å². The maximum absolute atomic E-state index is 11.4. The van der Waals surface area contributed by atoms with Gasteiger partial charge in [-0.05, 0) is 163 Å². The number of carbonyl (C=O) groups excluding carboxylic acids is 4. The highest BCUT2D eigenvalue weighted by Crippen LogP contribution is 2.46. The Kier molecular flexibility index (Phi) is 45.3. The zero-order valence-corrected chi connectivity index (χ0v) is 48.9. The largest absolute Gasteiger partial charge is 0.353 e. The number of aryl methyl sites for hydroxylation is 2. The van der Waals surface area contributed by atoms with E-state index in [1.807, 2.05) is 182 Å². The number of ether oxygens (including phenoxy) is 1. The molecule has 6 aromatic heterocycles. The first-order valence-electron chi connectivity index (χ1n) is 25.7. The second kappa shape index (κ2) is 45.7. The van der Waals surface area contributed by atoms with Gasteiger partial charge >= 0.3 is 0 Å². The molecule has 74 heavy (non-hydrogen) atoms. The second-order valence-corrected chi connectivity index (χ2v) is 14.4. The minimum Gasteiger partial charge on any atom is -0.353 e. The van der Waals surface area contributed by atoms with E-state index >= 15 is 0 Å². The molecule has 1 fully saturated rings. The van der Waals surface area contributed by atoms with E-state index in [9.17, 15) is 14.4 Å². The van der Waals surface area contributed by atoms with Crippen LogP contribution in [0.2, 0.25) is 0 Å². The van der Waals surface area contributed by atoms with E-state index in [1.165, 1.54) is 34.9 Å². The highest BCUT2D eigenvalue weighted by atomic mass is 16.6. The molecule has 0 saturated carbocycles. The number of rotatable bonds is 9. The molecule has 0 amide bonds. The molecule has 0 N–H and O–H groups in total. The van der Waals surface area contributed by atoms with Crippen LogP contribution in [-0.2, 0) is 43.0 Å². The third kappa shape index (κ3) is 27.6. The molecule has 2 unspecified atom stereocenters. The summed E-state index contributed by atoms with van der Waals surface area (Å²) in [5, 5.41) is 4.38. The van der Waals surface area contributed by atoms with Crippen LogP contribution >= 0.6 is 0 Å². The predicted molar refractivity (Wildman–Crippen MR) is 311 cm³/mol. The molecule has 12 nitrogen and oxygen atoms in total. The fourth-order valence-electron chi connectivity index (χ4n) is 6.51. The lowest BCUT2D eigenvalue weighted by Crippen LogP contribution is -2.21. The Morgan fingerprint density at radius 3 is 1.23 bits per heavy atom. The molecular formula is C62H91N7O5. The zero-order chi connectivity index (χ0) is 57.7. The second-order valence-electron chi connectivity index (χ2n) is 14.4. The van der Waals surface area contributed by atoms with Crippen LogP contribution in [0.15, 0.2) is 147 Å². The number of Topliss-reactive ketones (excluding diaryl/α,β-unsaturated/α-hetero) is 3. The molecule has 0 aromatic carbocycles. The first-order chi connectivity index (χ1) is 35.6. The van der Waals surface area contributed by atoms with Gasteiger partial charge in [0.05, 0.1) is 11.8 Å². The maximum Gasteiger partial charge on any atom is 0.177 e. The Balaban J connectivity index is -0.000000392. The van der Waals surface area contributed by atoms with Crippen molar-refractivity contribution in [1.82, 2.24) is 34.7 Å². The van der Waals surface area contributed by atoms with Crippen molar-refractivity contribution in [2.24, 2.45) is 7.05 Å². The van der Waals surface area contributed by atoms with Gasteiger partial charge in [-0.2, -0.15) is 5.10 Å². The lowest BCUT2D eigenvalue weighted by Gasteiger charge is -2.07. The molecule has 0 spiro atoms. The Labute approximate surface area is 447 Å². The summed E-state index contributed by atoms with van der Waals surface area (Å²) in [6.07, 6.45) is 22.4. The van der Waals surface area contributed by atoms with E-state index in [0.29, 0.717) is 6.42 Å². The molecular weight excluding hydrogens is 923 g/mol. The van der Waals surface area contributed by atoms with Crippen LogP contribution < -0.4 is 0 Å². The smallest absolute Gasteiger partial charge is 0.177 e. The Bertz CT molecular complexity index is 2370. The van der Waals surface area contributed by atoms with Gasteiger partial charge in [0.1, 0.15) is 12.1 Å². The number of epoxide rings is 1. The lowest BCUT2D eigenvalue weighted by molar-refractivity contribution is -0.122. The van der Waals surface area contributed by atoms with Gasteiger partial charge in [-0.15, -0.1) is 0 Å². The maximum atomic E-state index is 11.4. The zero-order valence-electron chi connectivity index (χ0n) is 48.9. The molecule has 1 aliphatic rings. The molecule has 6 aromatic rings. The summed E-state index contributed by atoms with van der Waals surface area (Å²) in [6, 6.07) is 19.0. The average Bonchev–Trinajstić information content (AvgIpc) is 4.06. The van der Waals surface area contributed by atoms with Crippen molar-refractivity contribution in [2.45, 2.75) is 157 Å². The Morgan fingerprint density at radius 2 is 0.946 bits per heavy atom. The molecule has 0 bridgehead atoms. The van der Waals surface area contributed by atoms with Gasteiger partial charge < -0.3 is 9.53 Å². The number of pyridine rings is 5. The molecule has 404 valence electrons. The van der Waals surface area contributed by atoms with E-state index in [-0.39, 0.29) is 23.5 Å². The summed E-state index contributed by atoms with van der Waals surface area (Å²) < 4.78 is 7.28. The Morgan fingerprint density at radius 1 is 0.608 bits per heavy atom. The van der Waals surface area contributed by atoms with Crippen molar-refractivity contribution >= 4 is 34.8 Å². The Hall–Kier alpha value is -7.18. The van der Waals surface area contributed by atoms with E-state index in [2.05, 4.69) is 49.6 Å². The van der Waals surface area contributed by atoms with Crippen LogP contribution in [0, 0.1) is 13.8 Å². The summed E-state index contributed by atoms with van der Waals surface area (Å²) >= 11 is 0. The van der Waals surface area contributed by atoms with E-state index < -0.39 is 5.60 Å². The van der Waals surface area contributed by atoms with Crippen LogP contribution in [0.5, 0.6) is 0 Å². The molecule has 1 aliphatic heterocycles. The van der Waals surface area contributed by atoms with Crippen molar-refractivity contribution in [1.29, 1.82) is 0 Å². The quantitative estimate of drug-likeness (QED) is 0.0586. The van der Waals surface area contributed by atoms with Crippen LogP contribution in [0.25, 0.3) is 22.3 Å². The van der Waals surface area contributed by atoms with Crippen LogP contribution in [0.4, 0.5) is 0 Å². The number of hydrogen-bond acceptors (Lipinski definition) is 11. The van der Waals surface area contributed by atoms with Crippen LogP contribution in [0.1, 0.15) is 158 Å². The summed E-state index contributed by atoms with van der Waals surface area (Å²) in [7, 11) is 1.97. The summed E-state index contributed by atoms with van der Waals surface area (Å²) in [4.78, 5) is 61.5. The van der Waals surface area contributed by atoms with Crippen molar-refractivity contribution in [2.75, 3.05) is 0 Å². The third-order valence-corrected chi connectivity index (χ3v) is 9.59. The molecule has 2 atom stereocenters. The van der Waals surface area contributed by atoms with E-state index in [1.54, 1.807) is 82.7 Å². The average molecular weight is 1010 g/mol. The molecule has 7 rings (SSSR count). The first-order valence-corrected chi connectivity index (χ1v) is 25.7. The molecule has 0 radical (unpaired) electrons. The summed E-state index contributed by atoms with van der Waals surface area (Å²) in [6.45, 7) is 42.0. The summed E-state index contributed by atoms with van der Waals surface area (Å²) in [5.74, 6) is 0.334. The number of aldehydes is 1. The van der Waals surface area contributed by atoms with Gasteiger partial charge in [-0.25, -0.2) is 0 Å². The number of allylic oxidation sites excluding steroid dienone is 5. The fraction of sp³-hybridized carbons (Fsp3) is 0.387. The standard InChI is InChI=1S/C11H13N3.C11H13N.C10H11NO2.C10H11NO.C8H9NO.C2H4O.5C2H6/c1-8-11(9(2)14(3)13-8)10-4-6-12-7-5-10;1-4-11(9(2)3)10-5-7-12-8-6-10;1-7(12)10(8(2)13-10)9-3-5-11-6-4-9;1-3-10(8(2)12)9-4-6-11-7-5-9;1-7(10)6-8-2-4-9-5-3-8;1-2-3;5*1-2/h4-7H,1-3H3;4-8H,2H2,1,3H3;3-6,8H,1-2H3;3-7H,1-2H3;2-5H,6H2,1H3;2H,1H3;5*1-2H3. The topological polar surface area (TPSA) is 163 Å². The minimum atomic E-state index is -0.678. The molecule has 7 heterocycles. The molecule has 1 saturated heterocycles. The van der Waals surface area contributed by atoms with Crippen molar-refractivity contribution in [3.8, 4) is 11.1 Å². The number of carbonyl (C=O) groups is 4. The normalized spacial score (nSPS) is 13.0. The number of nitrogens with zero attached hydrogens (tertiary/aromatic N) is 7. The van der Waals surface area contributed by atoms with Gasteiger partial charge in [0, 0.05) is 92.3 Å². The highest BCUT2D eigenvalue weighted by molar-refractivity contribution is 6.19. The van der Waals surface area contributed by atoms with Gasteiger partial charge in [0.25, 0.3) is 0 Å².